The zero-order chi connectivity index (χ0) is 17.4. The van der Waals surface area contributed by atoms with E-state index in [2.05, 4.69) is 35.9 Å². The molecule has 3 aromatic heterocycles. The molecule has 4 aromatic rings. The third kappa shape index (κ3) is 2.69. The van der Waals surface area contributed by atoms with E-state index in [0.29, 0.717) is 5.82 Å². The van der Waals surface area contributed by atoms with Crippen LogP contribution in [-0.2, 0) is 7.05 Å². The van der Waals surface area contributed by atoms with E-state index in [1.807, 2.05) is 45.2 Å². The van der Waals surface area contributed by atoms with Crippen molar-refractivity contribution in [1.29, 1.82) is 0 Å². The predicted octanol–water partition coefficient (Wildman–Crippen LogP) is 2.34. The van der Waals surface area contributed by atoms with Crippen molar-refractivity contribution in [2.45, 2.75) is 19.9 Å². The molecule has 0 fully saturated rings. The van der Waals surface area contributed by atoms with Crippen LogP contribution in [0.5, 0.6) is 0 Å². The molecular weight excluding hydrogens is 318 g/mol. The van der Waals surface area contributed by atoms with E-state index in [1.165, 1.54) is 6.33 Å². The topological polar surface area (TPSA) is 99.2 Å². The maximum Gasteiger partial charge on any atom is 0.182 e. The van der Waals surface area contributed by atoms with Crippen LogP contribution in [0.25, 0.3) is 22.4 Å². The molecular formula is C16H17N9. The van der Waals surface area contributed by atoms with Gasteiger partial charge in [-0.05, 0) is 36.4 Å². The molecule has 4 rings (SSSR count). The van der Waals surface area contributed by atoms with Crippen LogP contribution in [0.1, 0.15) is 19.9 Å². The summed E-state index contributed by atoms with van der Waals surface area (Å²) in [5, 5.41) is 20.4. The van der Waals surface area contributed by atoms with Crippen LogP contribution in [0, 0.1) is 0 Å². The zero-order valence-electron chi connectivity index (χ0n) is 14.1. The fourth-order valence-electron chi connectivity index (χ4n) is 2.67. The maximum atomic E-state index is 4.33. The number of hydrogen-bond acceptors (Lipinski definition) is 7. The highest BCUT2D eigenvalue weighted by molar-refractivity contribution is 5.88. The van der Waals surface area contributed by atoms with Gasteiger partial charge < -0.3 is 5.32 Å². The molecule has 0 atom stereocenters. The van der Waals surface area contributed by atoms with Crippen molar-refractivity contribution in [3.8, 4) is 11.4 Å². The first-order valence-electron chi connectivity index (χ1n) is 7.91. The molecule has 0 radical (unpaired) electrons. The summed E-state index contributed by atoms with van der Waals surface area (Å²) in [4.78, 5) is 8.58. The highest BCUT2D eigenvalue weighted by Crippen LogP contribution is 2.26. The Kier molecular flexibility index (Phi) is 3.60. The number of hydrogen-bond donors (Lipinski definition) is 1. The lowest BCUT2D eigenvalue weighted by molar-refractivity contribution is 0.519. The summed E-state index contributed by atoms with van der Waals surface area (Å²) < 4.78 is 3.51. The first-order chi connectivity index (χ1) is 12.1. The second kappa shape index (κ2) is 5.93. The largest absolute Gasteiger partial charge is 0.339 e. The second-order valence-electron chi connectivity index (χ2n) is 5.97. The average molecular weight is 335 g/mol. The SMILES string of the molecule is CC(C)n1nnnc1-c1cccc(Nc2ncnc3c2cnn3C)c1. The van der Waals surface area contributed by atoms with Crippen molar-refractivity contribution in [3.05, 3.63) is 36.8 Å². The first kappa shape index (κ1) is 15.2. The molecule has 0 amide bonds. The number of aromatic nitrogens is 8. The molecule has 9 nitrogen and oxygen atoms in total. The standard InChI is InChI=1S/C16H17N9/c1-10(2)25-15(21-22-23-25)11-5-4-6-12(7-11)20-14-13-8-19-24(3)16(13)18-9-17-14/h4-10H,1-3H3,(H,17,18,20). The number of nitrogens with one attached hydrogen (secondary N) is 1. The average Bonchev–Trinajstić information content (AvgIpc) is 3.23. The molecule has 0 bridgehead atoms. The second-order valence-corrected chi connectivity index (χ2v) is 5.97. The van der Waals surface area contributed by atoms with Crippen molar-refractivity contribution in [2.75, 3.05) is 5.32 Å². The highest BCUT2D eigenvalue weighted by atomic mass is 15.5. The van der Waals surface area contributed by atoms with Gasteiger partial charge in [0, 0.05) is 18.3 Å². The van der Waals surface area contributed by atoms with Gasteiger partial charge in [0.1, 0.15) is 12.1 Å². The van der Waals surface area contributed by atoms with E-state index < -0.39 is 0 Å². The molecule has 0 aliphatic heterocycles. The van der Waals surface area contributed by atoms with E-state index >= 15 is 0 Å². The minimum Gasteiger partial charge on any atom is -0.339 e. The Balaban J connectivity index is 1.71. The third-order valence-corrected chi connectivity index (χ3v) is 3.89. The number of nitrogens with zero attached hydrogens (tertiary/aromatic N) is 8. The van der Waals surface area contributed by atoms with E-state index in [9.17, 15) is 0 Å². The van der Waals surface area contributed by atoms with Gasteiger partial charge >= 0.3 is 0 Å². The lowest BCUT2D eigenvalue weighted by atomic mass is 10.2. The van der Waals surface area contributed by atoms with Gasteiger partial charge in [0.25, 0.3) is 0 Å². The minimum absolute atomic E-state index is 0.179. The number of anilines is 2. The predicted molar refractivity (Wildman–Crippen MR) is 93.2 cm³/mol. The highest BCUT2D eigenvalue weighted by Gasteiger charge is 2.13. The van der Waals surface area contributed by atoms with Crippen LogP contribution in [-0.4, -0.2) is 40.0 Å². The van der Waals surface area contributed by atoms with E-state index in [4.69, 9.17) is 0 Å². The van der Waals surface area contributed by atoms with Gasteiger partial charge in [0.2, 0.25) is 0 Å². The number of tetrazole rings is 1. The van der Waals surface area contributed by atoms with Crippen molar-refractivity contribution >= 4 is 22.5 Å². The van der Waals surface area contributed by atoms with Crippen LogP contribution >= 0.6 is 0 Å². The van der Waals surface area contributed by atoms with E-state index in [1.54, 1.807) is 15.6 Å². The number of fused-ring (bicyclic) bond motifs is 1. The van der Waals surface area contributed by atoms with Crippen LogP contribution in [0.3, 0.4) is 0 Å². The summed E-state index contributed by atoms with van der Waals surface area (Å²) in [6, 6.07) is 8.08. The van der Waals surface area contributed by atoms with Gasteiger partial charge in [-0.2, -0.15) is 5.10 Å². The molecule has 1 aromatic carbocycles. The summed E-state index contributed by atoms with van der Waals surface area (Å²) in [6.07, 6.45) is 3.27. The number of benzene rings is 1. The monoisotopic (exact) mass is 335 g/mol. The van der Waals surface area contributed by atoms with Gasteiger partial charge in [-0.1, -0.05) is 12.1 Å². The van der Waals surface area contributed by atoms with Gasteiger partial charge in [0.05, 0.1) is 17.6 Å². The Morgan fingerprint density at radius 2 is 2.04 bits per heavy atom. The first-order valence-corrected chi connectivity index (χ1v) is 7.91. The Morgan fingerprint density at radius 3 is 2.88 bits per heavy atom. The van der Waals surface area contributed by atoms with Crippen LogP contribution in [0.4, 0.5) is 11.5 Å². The zero-order valence-corrected chi connectivity index (χ0v) is 14.1. The van der Waals surface area contributed by atoms with Crippen molar-refractivity contribution in [1.82, 2.24) is 40.0 Å². The Morgan fingerprint density at radius 1 is 1.16 bits per heavy atom. The Bertz CT molecular complexity index is 1030. The molecule has 9 heteroatoms. The fourth-order valence-corrected chi connectivity index (χ4v) is 2.67. The molecule has 126 valence electrons. The summed E-state index contributed by atoms with van der Waals surface area (Å²) in [5.74, 6) is 1.44. The molecule has 0 spiro atoms. The normalized spacial score (nSPS) is 11.4. The Labute approximate surface area is 143 Å². The summed E-state index contributed by atoms with van der Waals surface area (Å²) in [7, 11) is 1.85. The van der Waals surface area contributed by atoms with Gasteiger partial charge in [0.15, 0.2) is 11.5 Å². The molecule has 1 N–H and O–H groups in total. The van der Waals surface area contributed by atoms with E-state index in [0.717, 1.165) is 28.1 Å². The van der Waals surface area contributed by atoms with Crippen LogP contribution in [0.15, 0.2) is 36.8 Å². The number of rotatable bonds is 4. The molecule has 25 heavy (non-hydrogen) atoms. The van der Waals surface area contributed by atoms with E-state index in [-0.39, 0.29) is 6.04 Å². The fraction of sp³-hybridized carbons (Fsp3) is 0.250. The summed E-state index contributed by atoms with van der Waals surface area (Å²) in [6.45, 7) is 4.09. The molecule has 0 aliphatic carbocycles. The molecule has 3 heterocycles. The maximum absolute atomic E-state index is 4.33. The third-order valence-electron chi connectivity index (χ3n) is 3.89. The minimum atomic E-state index is 0.179. The Hall–Kier alpha value is -3.36. The quantitative estimate of drug-likeness (QED) is 0.611. The van der Waals surface area contributed by atoms with Crippen LogP contribution < -0.4 is 5.32 Å². The van der Waals surface area contributed by atoms with Crippen LogP contribution in [0.2, 0.25) is 0 Å². The lowest BCUT2D eigenvalue weighted by Gasteiger charge is -2.10. The molecule has 0 saturated carbocycles. The number of aryl methyl sites for hydroxylation is 1. The van der Waals surface area contributed by atoms with Gasteiger partial charge in [-0.25, -0.2) is 14.6 Å². The molecule has 0 saturated heterocycles. The van der Waals surface area contributed by atoms with Crippen molar-refractivity contribution < 1.29 is 0 Å². The lowest BCUT2D eigenvalue weighted by Crippen LogP contribution is -2.05. The smallest absolute Gasteiger partial charge is 0.182 e. The van der Waals surface area contributed by atoms with Crippen molar-refractivity contribution in [2.24, 2.45) is 7.05 Å². The summed E-state index contributed by atoms with van der Waals surface area (Å²) >= 11 is 0. The molecule has 0 unspecified atom stereocenters. The summed E-state index contributed by atoms with van der Waals surface area (Å²) in [5.41, 5.74) is 2.59. The van der Waals surface area contributed by atoms with Crippen molar-refractivity contribution in [3.63, 3.8) is 0 Å². The molecule has 0 aliphatic rings. The van der Waals surface area contributed by atoms with Gasteiger partial charge in [-0.15, -0.1) is 5.10 Å². The van der Waals surface area contributed by atoms with Gasteiger partial charge in [-0.3, -0.25) is 4.68 Å².